The molecule has 0 unspecified atom stereocenters. The highest BCUT2D eigenvalue weighted by molar-refractivity contribution is 8.00. The molecular formula is C13H12F3N3O4S. The third kappa shape index (κ3) is 2.67. The summed E-state index contributed by atoms with van der Waals surface area (Å²) >= 11 is 1.25. The molecule has 3 N–H and O–H groups in total. The van der Waals surface area contributed by atoms with Gasteiger partial charge in [-0.05, 0) is 11.6 Å². The Morgan fingerprint density at radius 1 is 1.42 bits per heavy atom. The van der Waals surface area contributed by atoms with Crippen LogP contribution in [0.5, 0.6) is 0 Å². The number of alkyl halides is 3. The van der Waals surface area contributed by atoms with Crippen molar-refractivity contribution in [2.45, 2.75) is 17.6 Å². The van der Waals surface area contributed by atoms with Gasteiger partial charge in [-0.15, -0.1) is 11.8 Å². The Labute approximate surface area is 137 Å². The largest absolute Gasteiger partial charge is 0.477 e. The maximum Gasteiger partial charge on any atom is 0.406 e. The standard InChI is InChI=1S/C13H12F3N3O4S/c14-13(15,16)4-18-2-5(9(18)20)1-6-3-24-11-7(17)10(21)19(11)8(6)12(22)23/h1,7,11H,2-4,17H2,(H,22,23)/b5-1+/t7-,11-/m1/s1. The number of halogens is 3. The van der Waals surface area contributed by atoms with Crippen LogP contribution in [-0.4, -0.2) is 69.1 Å². The van der Waals surface area contributed by atoms with Crippen LogP contribution in [-0.2, 0) is 14.4 Å². The number of rotatable bonds is 3. The Morgan fingerprint density at radius 2 is 2.08 bits per heavy atom. The van der Waals surface area contributed by atoms with Crippen LogP contribution in [0.3, 0.4) is 0 Å². The summed E-state index contributed by atoms with van der Waals surface area (Å²) in [6, 6.07) is -0.772. The van der Waals surface area contributed by atoms with Crippen molar-refractivity contribution in [1.82, 2.24) is 9.80 Å². The van der Waals surface area contributed by atoms with E-state index in [-0.39, 0.29) is 29.1 Å². The molecule has 0 bridgehead atoms. The first-order valence-electron chi connectivity index (χ1n) is 6.83. The molecule has 24 heavy (non-hydrogen) atoms. The van der Waals surface area contributed by atoms with Crippen molar-refractivity contribution in [3.8, 4) is 0 Å². The van der Waals surface area contributed by atoms with Gasteiger partial charge in [-0.1, -0.05) is 0 Å². The Balaban J connectivity index is 1.83. The number of carboxylic acid groups (broad SMARTS) is 1. The fraction of sp³-hybridized carbons (Fsp3) is 0.462. The van der Waals surface area contributed by atoms with E-state index in [0.717, 1.165) is 4.90 Å². The molecule has 2 atom stereocenters. The fourth-order valence-corrected chi connectivity index (χ4v) is 4.02. The zero-order valence-electron chi connectivity index (χ0n) is 12.0. The average molecular weight is 363 g/mol. The molecule has 0 aliphatic carbocycles. The Hall–Kier alpha value is -2.01. The van der Waals surface area contributed by atoms with Gasteiger partial charge < -0.3 is 15.7 Å². The van der Waals surface area contributed by atoms with Crippen molar-refractivity contribution in [2.24, 2.45) is 5.73 Å². The summed E-state index contributed by atoms with van der Waals surface area (Å²) in [7, 11) is 0. The van der Waals surface area contributed by atoms with Gasteiger partial charge in [0.15, 0.2) is 0 Å². The Morgan fingerprint density at radius 3 is 2.62 bits per heavy atom. The Bertz CT molecular complexity index is 703. The predicted molar refractivity (Wildman–Crippen MR) is 76.4 cm³/mol. The first-order valence-corrected chi connectivity index (χ1v) is 7.88. The minimum absolute atomic E-state index is 0.0873. The van der Waals surface area contributed by atoms with Gasteiger partial charge in [0.25, 0.3) is 5.91 Å². The summed E-state index contributed by atoms with van der Waals surface area (Å²) in [5.41, 5.74) is 5.66. The number of carbonyl (C=O) groups excluding carboxylic acids is 2. The van der Waals surface area contributed by atoms with Crippen LogP contribution in [0.4, 0.5) is 13.2 Å². The minimum Gasteiger partial charge on any atom is -0.477 e. The molecule has 2 fully saturated rings. The van der Waals surface area contributed by atoms with Crippen LogP contribution in [0.1, 0.15) is 0 Å². The molecule has 0 aromatic rings. The SMILES string of the molecule is N[C@@H]1C(=O)N2C(C(=O)O)=C(/C=C3\CN(CC(F)(F)F)C3=O)CS[C@H]12. The summed E-state index contributed by atoms with van der Waals surface area (Å²) in [6.07, 6.45) is -3.22. The van der Waals surface area contributed by atoms with E-state index in [1.54, 1.807) is 0 Å². The molecule has 0 radical (unpaired) electrons. The number of carboxylic acids is 1. The number of hydrogen-bond acceptors (Lipinski definition) is 5. The zero-order chi connectivity index (χ0) is 17.8. The second-order valence-electron chi connectivity index (χ2n) is 5.56. The fourth-order valence-electron chi connectivity index (χ4n) is 2.77. The molecule has 11 heteroatoms. The summed E-state index contributed by atoms with van der Waals surface area (Å²) in [4.78, 5) is 36.6. The maximum atomic E-state index is 12.3. The van der Waals surface area contributed by atoms with Gasteiger partial charge in [-0.2, -0.15) is 13.2 Å². The monoisotopic (exact) mass is 363 g/mol. The molecule has 0 saturated carbocycles. The topological polar surface area (TPSA) is 104 Å². The highest BCUT2D eigenvalue weighted by Crippen LogP contribution is 2.40. The lowest BCUT2D eigenvalue weighted by Gasteiger charge is -2.47. The molecule has 3 rings (SSSR count). The third-order valence-corrected chi connectivity index (χ3v) is 5.21. The average Bonchev–Trinajstić information content (AvgIpc) is 2.50. The normalized spacial score (nSPS) is 28.8. The van der Waals surface area contributed by atoms with E-state index < -0.39 is 41.9 Å². The number of allylic oxidation sites excluding steroid dienone is 1. The lowest BCUT2D eigenvalue weighted by molar-refractivity contribution is -0.164. The first kappa shape index (κ1) is 16.8. The van der Waals surface area contributed by atoms with E-state index in [4.69, 9.17) is 5.73 Å². The number of nitrogens with two attached hydrogens (primary N) is 1. The van der Waals surface area contributed by atoms with Gasteiger partial charge in [0.05, 0.1) is 6.54 Å². The van der Waals surface area contributed by atoms with Crippen molar-refractivity contribution in [2.75, 3.05) is 18.8 Å². The van der Waals surface area contributed by atoms with E-state index >= 15 is 0 Å². The number of thioether (sulfide) groups is 1. The molecular weight excluding hydrogens is 351 g/mol. The molecule has 3 heterocycles. The number of fused-ring (bicyclic) bond motifs is 1. The second-order valence-corrected chi connectivity index (χ2v) is 6.67. The number of likely N-dealkylation sites (tertiary alicyclic amines) is 1. The highest BCUT2D eigenvalue weighted by Gasteiger charge is 2.51. The zero-order valence-corrected chi connectivity index (χ0v) is 12.9. The van der Waals surface area contributed by atoms with E-state index in [1.807, 2.05) is 0 Å². The second kappa shape index (κ2) is 5.52. The van der Waals surface area contributed by atoms with Gasteiger partial charge in [0, 0.05) is 11.3 Å². The molecule has 3 aliphatic rings. The maximum absolute atomic E-state index is 12.3. The first-order chi connectivity index (χ1) is 11.1. The van der Waals surface area contributed by atoms with Gasteiger partial charge in [0.1, 0.15) is 23.7 Å². The van der Waals surface area contributed by atoms with Crippen molar-refractivity contribution >= 4 is 29.5 Å². The Kier molecular flexibility index (Phi) is 3.87. The van der Waals surface area contributed by atoms with Crippen LogP contribution in [0.25, 0.3) is 0 Å². The molecule has 2 amide bonds. The molecule has 0 spiro atoms. The molecule has 3 aliphatic heterocycles. The van der Waals surface area contributed by atoms with Crippen LogP contribution in [0.15, 0.2) is 22.9 Å². The summed E-state index contributed by atoms with van der Waals surface area (Å²) < 4.78 is 36.8. The van der Waals surface area contributed by atoms with E-state index in [1.165, 1.54) is 17.8 Å². The molecule has 0 aromatic heterocycles. The molecule has 2 saturated heterocycles. The number of aliphatic carboxylic acids is 1. The third-order valence-electron chi connectivity index (χ3n) is 3.88. The molecule has 7 nitrogen and oxygen atoms in total. The lowest BCUT2D eigenvalue weighted by Crippen LogP contribution is -2.68. The van der Waals surface area contributed by atoms with Crippen LogP contribution >= 0.6 is 11.8 Å². The quantitative estimate of drug-likeness (QED) is 0.536. The number of amides is 2. The van der Waals surface area contributed by atoms with Crippen molar-refractivity contribution in [3.05, 3.63) is 22.9 Å². The predicted octanol–water partition coefficient (Wildman–Crippen LogP) is -0.102. The van der Waals surface area contributed by atoms with Gasteiger partial charge >= 0.3 is 12.1 Å². The molecule has 130 valence electrons. The number of nitrogens with zero attached hydrogens (tertiary/aromatic N) is 2. The minimum atomic E-state index is -4.49. The van der Waals surface area contributed by atoms with Crippen molar-refractivity contribution in [1.29, 1.82) is 0 Å². The number of carbonyl (C=O) groups is 3. The smallest absolute Gasteiger partial charge is 0.406 e. The van der Waals surface area contributed by atoms with Gasteiger partial charge in [-0.3, -0.25) is 14.5 Å². The summed E-state index contributed by atoms with van der Waals surface area (Å²) in [5, 5.41) is 8.87. The van der Waals surface area contributed by atoms with Crippen LogP contribution in [0, 0.1) is 0 Å². The van der Waals surface area contributed by atoms with E-state index in [9.17, 15) is 32.7 Å². The number of β-lactam (4-membered cyclic amide) rings is 2. The summed E-state index contributed by atoms with van der Waals surface area (Å²) in [6.45, 7) is -1.55. The van der Waals surface area contributed by atoms with Crippen molar-refractivity contribution in [3.63, 3.8) is 0 Å². The van der Waals surface area contributed by atoms with E-state index in [0.29, 0.717) is 4.90 Å². The van der Waals surface area contributed by atoms with E-state index in [2.05, 4.69) is 0 Å². The number of hydrogen-bond donors (Lipinski definition) is 2. The molecule has 0 aromatic carbocycles. The van der Waals surface area contributed by atoms with Crippen molar-refractivity contribution < 1.29 is 32.7 Å². The van der Waals surface area contributed by atoms with Crippen LogP contribution in [0.2, 0.25) is 0 Å². The van der Waals surface area contributed by atoms with Gasteiger partial charge in [0.2, 0.25) is 5.91 Å². The highest BCUT2D eigenvalue weighted by atomic mass is 32.2. The van der Waals surface area contributed by atoms with Gasteiger partial charge in [-0.25, -0.2) is 4.79 Å². The van der Waals surface area contributed by atoms with Crippen LogP contribution < -0.4 is 5.73 Å². The lowest BCUT2D eigenvalue weighted by atomic mass is 9.99. The summed E-state index contributed by atoms with van der Waals surface area (Å²) in [5.74, 6) is -2.45.